The smallest absolute Gasteiger partial charge is 0.322 e. The molecule has 2 aromatic rings. The molecule has 2 heterocycles. The maximum absolute atomic E-state index is 13.0. The number of carboxylic acids is 1. The lowest BCUT2D eigenvalue weighted by Gasteiger charge is -2.23. The molecule has 1 saturated heterocycles. The van der Waals surface area contributed by atoms with Crippen LogP contribution < -0.4 is 5.32 Å². The lowest BCUT2D eigenvalue weighted by Crippen LogP contribution is -2.30. The Balaban J connectivity index is 1.77. The average molecular weight is 357 g/mol. The molecule has 1 fully saturated rings. The second-order valence-corrected chi connectivity index (χ2v) is 6.79. The first-order valence-corrected chi connectivity index (χ1v) is 8.79. The predicted molar refractivity (Wildman–Crippen MR) is 96.2 cm³/mol. The summed E-state index contributed by atoms with van der Waals surface area (Å²) < 4.78 is 5.39. The lowest BCUT2D eigenvalue weighted by atomic mass is 10.1. The van der Waals surface area contributed by atoms with Crippen molar-refractivity contribution in [2.24, 2.45) is 0 Å². The van der Waals surface area contributed by atoms with Crippen molar-refractivity contribution >= 4 is 17.6 Å². The normalized spacial score (nSPS) is 16.9. The summed E-state index contributed by atoms with van der Waals surface area (Å²) in [6.45, 7) is 4.55. The van der Waals surface area contributed by atoms with Gasteiger partial charge in [0.25, 0.3) is 5.91 Å². The standard InChI is InChI=1S/C19H23N3O4/c1-12(2)17-10-15(21-26-17)16-7-4-8-22(16)19(25)13-5-3-6-14(9-13)20-11-18(23)24/h3,5-6,9-10,12,16,20H,4,7-8,11H2,1-2H3,(H,23,24)/t16-/m1/s1. The summed E-state index contributed by atoms with van der Waals surface area (Å²) in [5.74, 6) is 0.0341. The van der Waals surface area contributed by atoms with Gasteiger partial charge in [-0.15, -0.1) is 0 Å². The Labute approximate surface area is 152 Å². The van der Waals surface area contributed by atoms with Gasteiger partial charge in [-0.25, -0.2) is 0 Å². The van der Waals surface area contributed by atoms with Gasteiger partial charge in [0.05, 0.1) is 6.04 Å². The van der Waals surface area contributed by atoms with Crippen LogP contribution in [0.5, 0.6) is 0 Å². The second kappa shape index (κ2) is 7.59. The van der Waals surface area contributed by atoms with Gasteiger partial charge in [-0.3, -0.25) is 9.59 Å². The Bertz CT molecular complexity index is 800. The number of carbonyl (C=O) groups is 2. The van der Waals surface area contributed by atoms with Gasteiger partial charge < -0.3 is 19.8 Å². The van der Waals surface area contributed by atoms with Crippen LogP contribution in [0.4, 0.5) is 5.69 Å². The van der Waals surface area contributed by atoms with Crippen LogP contribution in [0.25, 0.3) is 0 Å². The monoisotopic (exact) mass is 357 g/mol. The number of nitrogens with zero attached hydrogens (tertiary/aromatic N) is 2. The molecule has 0 unspecified atom stereocenters. The molecule has 1 aliphatic rings. The van der Waals surface area contributed by atoms with E-state index in [1.807, 2.05) is 24.8 Å². The summed E-state index contributed by atoms with van der Waals surface area (Å²) in [4.78, 5) is 25.5. The van der Waals surface area contributed by atoms with E-state index in [0.29, 0.717) is 17.8 Å². The van der Waals surface area contributed by atoms with Crippen molar-refractivity contribution in [2.75, 3.05) is 18.4 Å². The third-order valence-electron chi connectivity index (χ3n) is 4.52. The van der Waals surface area contributed by atoms with Crippen LogP contribution in [-0.4, -0.2) is 40.1 Å². The van der Waals surface area contributed by atoms with Crippen molar-refractivity contribution < 1.29 is 19.2 Å². The van der Waals surface area contributed by atoms with Crippen molar-refractivity contribution in [3.63, 3.8) is 0 Å². The Kier molecular flexibility index (Phi) is 5.25. The number of aromatic nitrogens is 1. The Morgan fingerprint density at radius 2 is 2.19 bits per heavy atom. The first kappa shape index (κ1) is 18.0. The summed E-state index contributed by atoms with van der Waals surface area (Å²) in [5.41, 5.74) is 1.93. The van der Waals surface area contributed by atoms with E-state index in [2.05, 4.69) is 10.5 Å². The molecule has 1 aromatic carbocycles. The summed E-state index contributed by atoms with van der Waals surface area (Å²) in [6, 6.07) is 8.76. The zero-order valence-corrected chi connectivity index (χ0v) is 14.9. The van der Waals surface area contributed by atoms with E-state index in [4.69, 9.17) is 9.63 Å². The van der Waals surface area contributed by atoms with E-state index in [9.17, 15) is 9.59 Å². The minimum atomic E-state index is -0.951. The number of rotatable bonds is 6. The van der Waals surface area contributed by atoms with Gasteiger partial charge in [0.1, 0.15) is 18.0 Å². The van der Waals surface area contributed by atoms with Crippen LogP contribution in [0.1, 0.15) is 60.5 Å². The average Bonchev–Trinajstić information content (AvgIpc) is 3.28. The minimum Gasteiger partial charge on any atom is -0.480 e. The van der Waals surface area contributed by atoms with Gasteiger partial charge in [0.15, 0.2) is 0 Å². The molecule has 138 valence electrons. The zero-order valence-electron chi connectivity index (χ0n) is 14.9. The number of aliphatic carboxylic acids is 1. The fraction of sp³-hybridized carbons (Fsp3) is 0.421. The number of likely N-dealkylation sites (tertiary alicyclic amines) is 1. The third kappa shape index (κ3) is 3.87. The van der Waals surface area contributed by atoms with Gasteiger partial charge in [-0.05, 0) is 31.0 Å². The van der Waals surface area contributed by atoms with Crippen molar-refractivity contribution in [2.45, 2.75) is 38.6 Å². The van der Waals surface area contributed by atoms with Crippen molar-refractivity contribution in [3.8, 4) is 0 Å². The highest BCUT2D eigenvalue weighted by Gasteiger charge is 2.33. The van der Waals surface area contributed by atoms with Gasteiger partial charge >= 0.3 is 5.97 Å². The Morgan fingerprint density at radius 3 is 2.88 bits per heavy atom. The van der Waals surface area contributed by atoms with Crippen LogP contribution in [-0.2, 0) is 4.79 Å². The van der Waals surface area contributed by atoms with Gasteiger partial charge in [0, 0.05) is 29.8 Å². The van der Waals surface area contributed by atoms with Gasteiger partial charge in [-0.2, -0.15) is 0 Å². The number of nitrogens with one attached hydrogen (secondary N) is 1. The first-order valence-electron chi connectivity index (χ1n) is 8.79. The van der Waals surface area contributed by atoms with E-state index in [1.54, 1.807) is 24.3 Å². The van der Waals surface area contributed by atoms with Crippen LogP contribution in [0.3, 0.4) is 0 Å². The maximum atomic E-state index is 13.0. The summed E-state index contributed by atoms with van der Waals surface area (Å²) >= 11 is 0. The molecule has 7 nitrogen and oxygen atoms in total. The van der Waals surface area contributed by atoms with E-state index < -0.39 is 5.97 Å². The molecule has 1 aliphatic heterocycles. The third-order valence-corrected chi connectivity index (χ3v) is 4.52. The van der Waals surface area contributed by atoms with E-state index in [0.717, 1.165) is 24.3 Å². The maximum Gasteiger partial charge on any atom is 0.322 e. The van der Waals surface area contributed by atoms with E-state index >= 15 is 0 Å². The molecule has 26 heavy (non-hydrogen) atoms. The SMILES string of the molecule is CC(C)c1cc([C@H]2CCCN2C(=O)c2cccc(NCC(=O)O)c2)no1. The van der Waals surface area contributed by atoms with Crippen LogP contribution >= 0.6 is 0 Å². The molecule has 0 radical (unpaired) electrons. The fourth-order valence-electron chi connectivity index (χ4n) is 3.16. The molecule has 1 atom stereocenters. The number of amides is 1. The summed E-state index contributed by atoms with van der Waals surface area (Å²) in [5, 5.41) is 15.7. The molecular formula is C19H23N3O4. The number of anilines is 1. The molecule has 0 spiro atoms. The largest absolute Gasteiger partial charge is 0.480 e. The minimum absolute atomic E-state index is 0.0828. The Morgan fingerprint density at radius 1 is 1.38 bits per heavy atom. The quantitative estimate of drug-likeness (QED) is 0.824. The first-order chi connectivity index (χ1) is 12.5. The Hall–Kier alpha value is -2.83. The number of hydrogen-bond donors (Lipinski definition) is 2. The molecule has 1 amide bonds. The van der Waals surface area contributed by atoms with Crippen LogP contribution in [0.15, 0.2) is 34.9 Å². The predicted octanol–water partition coefficient (Wildman–Crippen LogP) is 3.27. The second-order valence-electron chi connectivity index (χ2n) is 6.79. The number of hydrogen-bond acceptors (Lipinski definition) is 5. The highest BCUT2D eigenvalue weighted by Crippen LogP contribution is 2.34. The molecule has 2 N–H and O–H groups in total. The number of benzene rings is 1. The van der Waals surface area contributed by atoms with Crippen LogP contribution in [0.2, 0.25) is 0 Å². The summed E-state index contributed by atoms with van der Waals surface area (Å²) in [7, 11) is 0. The molecule has 0 bridgehead atoms. The topological polar surface area (TPSA) is 95.7 Å². The molecular weight excluding hydrogens is 334 g/mol. The van der Waals surface area contributed by atoms with Crippen LogP contribution in [0, 0.1) is 0 Å². The molecule has 0 aliphatic carbocycles. The summed E-state index contributed by atoms with van der Waals surface area (Å²) in [6.07, 6.45) is 1.77. The molecule has 3 rings (SSSR count). The van der Waals surface area contributed by atoms with Gasteiger partial charge in [-0.1, -0.05) is 25.1 Å². The van der Waals surface area contributed by atoms with Gasteiger partial charge in [0.2, 0.25) is 0 Å². The molecule has 1 aromatic heterocycles. The van der Waals surface area contributed by atoms with E-state index in [1.165, 1.54) is 0 Å². The highest BCUT2D eigenvalue weighted by atomic mass is 16.5. The van der Waals surface area contributed by atoms with Crippen molar-refractivity contribution in [1.29, 1.82) is 0 Å². The van der Waals surface area contributed by atoms with E-state index in [-0.39, 0.29) is 24.4 Å². The molecule has 0 saturated carbocycles. The highest BCUT2D eigenvalue weighted by molar-refractivity contribution is 5.95. The lowest BCUT2D eigenvalue weighted by molar-refractivity contribution is -0.134. The van der Waals surface area contributed by atoms with Crippen molar-refractivity contribution in [3.05, 3.63) is 47.3 Å². The number of carboxylic acid groups (broad SMARTS) is 1. The fourth-order valence-corrected chi connectivity index (χ4v) is 3.16. The number of carbonyl (C=O) groups excluding carboxylic acids is 1. The zero-order chi connectivity index (χ0) is 18.7. The molecule has 7 heteroatoms. The van der Waals surface area contributed by atoms with Crippen molar-refractivity contribution in [1.82, 2.24) is 10.1 Å².